The summed E-state index contributed by atoms with van der Waals surface area (Å²) >= 11 is 0. The van der Waals surface area contributed by atoms with E-state index in [1.165, 1.54) is 25.9 Å². The molecule has 138 valence electrons. The van der Waals surface area contributed by atoms with Crippen LogP contribution in [-0.2, 0) is 6.61 Å². The number of rotatable bonds is 4. The van der Waals surface area contributed by atoms with E-state index in [0.717, 1.165) is 40.4 Å². The van der Waals surface area contributed by atoms with Gasteiger partial charge in [0, 0.05) is 12.1 Å². The summed E-state index contributed by atoms with van der Waals surface area (Å²) < 4.78 is 2.09. The average Bonchev–Trinajstić information content (AvgIpc) is 3.25. The number of hydrogen-bond donors (Lipinski definition) is 1. The van der Waals surface area contributed by atoms with Crippen molar-refractivity contribution in [2.75, 3.05) is 19.6 Å². The lowest BCUT2D eigenvalue weighted by molar-refractivity contribution is 0.0504. The van der Waals surface area contributed by atoms with E-state index < -0.39 is 0 Å². The Morgan fingerprint density at radius 2 is 1.74 bits per heavy atom. The van der Waals surface area contributed by atoms with Crippen LogP contribution in [0.25, 0.3) is 22.4 Å². The van der Waals surface area contributed by atoms with Crippen molar-refractivity contribution in [1.82, 2.24) is 19.9 Å². The molecule has 3 aliphatic heterocycles. The molecule has 2 bridgehead atoms. The van der Waals surface area contributed by atoms with Crippen LogP contribution in [0.2, 0.25) is 0 Å². The van der Waals surface area contributed by atoms with Crippen molar-refractivity contribution in [1.29, 1.82) is 0 Å². The van der Waals surface area contributed by atoms with E-state index in [0.29, 0.717) is 6.04 Å². The number of aromatic nitrogens is 3. The van der Waals surface area contributed by atoms with Gasteiger partial charge in [-0.2, -0.15) is 0 Å². The van der Waals surface area contributed by atoms with Crippen molar-refractivity contribution in [2.45, 2.75) is 25.5 Å². The first kappa shape index (κ1) is 16.7. The SMILES string of the molecule is OCc1cccc(-c2ccc(-c3cn(C4CN5CCC4CC5)nn3)cc2)c1. The van der Waals surface area contributed by atoms with E-state index >= 15 is 0 Å². The largest absolute Gasteiger partial charge is 0.392 e. The monoisotopic (exact) mass is 360 g/mol. The molecule has 1 unspecified atom stereocenters. The summed E-state index contributed by atoms with van der Waals surface area (Å²) in [5.41, 5.74) is 5.20. The fourth-order valence-electron chi connectivity index (χ4n) is 4.49. The van der Waals surface area contributed by atoms with Crippen molar-refractivity contribution in [3.63, 3.8) is 0 Å². The molecule has 3 fully saturated rings. The Kier molecular flexibility index (Phi) is 4.26. The second-order valence-electron chi connectivity index (χ2n) is 7.73. The van der Waals surface area contributed by atoms with Gasteiger partial charge < -0.3 is 10.0 Å². The summed E-state index contributed by atoms with van der Waals surface area (Å²) in [4.78, 5) is 2.54. The summed E-state index contributed by atoms with van der Waals surface area (Å²) in [7, 11) is 0. The summed E-state index contributed by atoms with van der Waals surface area (Å²) in [5.74, 6) is 0.741. The molecule has 5 nitrogen and oxygen atoms in total. The molecule has 27 heavy (non-hydrogen) atoms. The highest BCUT2D eigenvalue weighted by atomic mass is 16.3. The molecule has 4 heterocycles. The van der Waals surface area contributed by atoms with Crippen molar-refractivity contribution in [3.8, 4) is 22.4 Å². The summed E-state index contributed by atoms with van der Waals surface area (Å²) in [6.45, 7) is 3.64. The van der Waals surface area contributed by atoms with Gasteiger partial charge in [-0.15, -0.1) is 5.10 Å². The lowest BCUT2D eigenvalue weighted by atomic mass is 9.84. The second-order valence-corrected chi connectivity index (χ2v) is 7.73. The van der Waals surface area contributed by atoms with Gasteiger partial charge >= 0.3 is 0 Å². The summed E-state index contributed by atoms with van der Waals surface area (Å²) in [6, 6.07) is 16.9. The van der Waals surface area contributed by atoms with Crippen LogP contribution in [0.15, 0.2) is 54.7 Å². The fraction of sp³-hybridized carbons (Fsp3) is 0.364. The maximum absolute atomic E-state index is 9.33. The van der Waals surface area contributed by atoms with Gasteiger partial charge in [0.15, 0.2) is 0 Å². The second kappa shape index (κ2) is 6.91. The van der Waals surface area contributed by atoms with Crippen LogP contribution in [0.1, 0.15) is 24.4 Å². The molecule has 0 radical (unpaired) electrons. The zero-order valence-corrected chi connectivity index (χ0v) is 15.3. The van der Waals surface area contributed by atoms with E-state index in [1.54, 1.807) is 0 Å². The van der Waals surface area contributed by atoms with Gasteiger partial charge in [-0.3, -0.25) is 0 Å². The zero-order valence-electron chi connectivity index (χ0n) is 15.3. The number of nitrogens with zero attached hydrogens (tertiary/aromatic N) is 4. The first-order valence-corrected chi connectivity index (χ1v) is 9.75. The highest BCUT2D eigenvalue weighted by Gasteiger charge is 2.35. The zero-order chi connectivity index (χ0) is 18.2. The van der Waals surface area contributed by atoms with Crippen LogP contribution >= 0.6 is 0 Å². The van der Waals surface area contributed by atoms with E-state index in [9.17, 15) is 5.11 Å². The topological polar surface area (TPSA) is 54.2 Å². The van der Waals surface area contributed by atoms with Gasteiger partial charge in [-0.25, -0.2) is 4.68 Å². The molecule has 0 aliphatic carbocycles. The average molecular weight is 360 g/mol. The quantitative estimate of drug-likeness (QED) is 0.775. The van der Waals surface area contributed by atoms with Crippen LogP contribution in [0.4, 0.5) is 0 Å². The van der Waals surface area contributed by atoms with Crippen LogP contribution in [0.5, 0.6) is 0 Å². The number of hydrogen-bond acceptors (Lipinski definition) is 4. The highest BCUT2D eigenvalue weighted by molar-refractivity contribution is 5.68. The van der Waals surface area contributed by atoms with Crippen LogP contribution in [0.3, 0.4) is 0 Å². The van der Waals surface area contributed by atoms with Crippen molar-refractivity contribution in [2.24, 2.45) is 5.92 Å². The van der Waals surface area contributed by atoms with Gasteiger partial charge in [0.25, 0.3) is 0 Å². The molecular weight excluding hydrogens is 336 g/mol. The van der Waals surface area contributed by atoms with Crippen molar-refractivity contribution in [3.05, 3.63) is 60.3 Å². The Labute approximate surface area is 159 Å². The van der Waals surface area contributed by atoms with Crippen LogP contribution < -0.4 is 0 Å². The van der Waals surface area contributed by atoms with E-state index in [1.807, 2.05) is 18.2 Å². The number of aliphatic hydroxyl groups excluding tert-OH is 1. The molecule has 0 saturated carbocycles. The van der Waals surface area contributed by atoms with Crippen molar-refractivity contribution >= 4 is 0 Å². The normalized spacial score (nSPS) is 24.3. The van der Waals surface area contributed by atoms with Crippen LogP contribution in [-0.4, -0.2) is 44.6 Å². The maximum Gasteiger partial charge on any atom is 0.113 e. The van der Waals surface area contributed by atoms with Gasteiger partial charge in [-0.1, -0.05) is 47.7 Å². The molecule has 1 atom stereocenters. The Bertz CT molecular complexity index is 925. The van der Waals surface area contributed by atoms with Gasteiger partial charge in [0.05, 0.1) is 18.8 Å². The maximum atomic E-state index is 9.33. The third-order valence-corrected chi connectivity index (χ3v) is 6.10. The number of aliphatic hydroxyl groups is 1. The number of fused-ring (bicyclic) bond motifs is 3. The van der Waals surface area contributed by atoms with E-state index in [2.05, 4.69) is 56.4 Å². The standard InChI is InChI=1S/C22H24N4O/c27-15-16-2-1-3-20(12-16)17-4-6-18(7-5-17)21-13-26(24-23-21)22-14-25-10-8-19(22)9-11-25/h1-7,12-13,19,22,27H,8-11,14-15H2. The Morgan fingerprint density at radius 1 is 0.963 bits per heavy atom. The molecule has 3 saturated heterocycles. The molecule has 0 spiro atoms. The molecular formula is C22H24N4O. The summed E-state index contributed by atoms with van der Waals surface area (Å²) in [6.07, 6.45) is 4.66. The van der Waals surface area contributed by atoms with Crippen molar-refractivity contribution < 1.29 is 5.11 Å². The molecule has 6 rings (SSSR count). The summed E-state index contributed by atoms with van der Waals surface area (Å²) in [5, 5.41) is 18.2. The number of piperidine rings is 3. The Hall–Kier alpha value is -2.50. The molecule has 1 aromatic heterocycles. The molecule has 2 aromatic carbocycles. The minimum atomic E-state index is 0.0641. The third kappa shape index (κ3) is 3.17. The Balaban J connectivity index is 1.37. The van der Waals surface area contributed by atoms with Gasteiger partial charge in [-0.05, 0) is 54.6 Å². The lowest BCUT2D eigenvalue weighted by Crippen LogP contribution is -2.48. The molecule has 0 amide bonds. The lowest BCUT2D eigenvalue weighted by Gasteiger charge is -2.44. The molecule has 3 aliphatic rings. The smallest absolute Gasteiger partial charge is 0.113 e. The fourth-order valence-corrected chi connectivity index (χ4v) is 4.49. The predicted octanol–water partition coefficient (Wildman–Crippen LogP) is 3.37. The predicted molar refractivity (Wildman–Crippen MR) is 105 cm³/mol. The molecule has 1 N–H and O–H groups in total. The number of benzene rings is 2. The van der Waals surface area contributed by atoms with Crippen LogP contribution in [0, 0.1) is 5.92 Å². The minimum absolute atomic E-state index is 0.0641. The molecule has 3 aromatic rings. The third-order valence-electron chi connectivity index (χ3n) is 6.10. The van der Waals surface area contributed by atoms with E-state index in [-0.39, 0.29) is 6.61 Å². The first-order chi connectivity index (χ1) is 13.3. The Morgan fingerprint density at radius 3 is 2.44 bits per heavy atom. The first-order valence-electron chi connectivity index (χ1n) is 9.75. The van der Waals surface area contributed by atoms with Gasteiger partial charge in [0.2, 0.25) is 0 Å². The van der Waals surface area contributed by atoms with Gasteiger partial charge in [0.1, 0.15) is 5.69 Å². The molecule has 5 heteroatoms. The minimum Gasteiger partial charge on any atom is -0.392 e. The highest BCUT2D eigenvalue weighted by Crippen LogP contribution is 2.35. The van der Waals surface area contributed by atoms with E-state index in [4.69, 9.17) is 0 Å².